The molecule has 2 aromatic carbocycles. The molecule has 5 heteroatoms. The van der Waals surface area contributed by atoms with Crippen LogP contribution in [0.4, 0.5) is 4.39 Å². The lowest BCUT2D eigenvalue weighted by molar-refractivity contribution is -0.135. The number of nitrogens with zero attached hydrogens (tertiary/aromatic N) is 2. The van der Waals surface area contributed by atoms with Crippen LogP contribution in [0.1, 0.15) is 44.7 Å². The number of hydrogen-bond donors (Lipinski definition) is 0. The number of amides is 1. The molecule has 1 amide bonds. The Hall–Kier alpha value is -2.40. The molecule has 1 saturated heterocycles. The summed E-state index contributed by atoms with van der Waals surface area (Å²) >= 11 is 0. The number of benzene rings is 2. The van der Waals surface area contributed by atoms with Crippen LogP contribution in [0, 0.1) is 23.6 Å². The predicted molar refractivity (Wildman–Crippen MR) is 127 cm³/mol. The molecule has 4 nitrogen and oxygen atoms in total. The Morgan fingerprint density at radius 3 is 2.53 bits per heavy atom. The number of carbonyl (C=O) groups is 1. The third kappa shape index (κ3) is 6.32. The molecule has 1 fully saturated rings. The van der Waals surface area contributed by atoms with Gasteiger partial charge in [0.25, 0.3) is 0 Å². The van der Waals surface area contributed by atoms with Gasteiger partial charge in [-0.2, -0.15) is 0 Å². The van der Waals surface area contributed by atoms with Crippen molar-refractivity contribution in [2.45, 2.75) is 40.2 Å². The second kappa shape index (κ2) is 11.0. The lowest BCUT2D eigenvalue weighted by Gasteiger charge is -2.31. The van der Waals surface area contributed by atoms with E-state index in [1.165, 1.54) is 11.6 Å². The minimum atomic E-state index is -0.201. The van der Waals surface area contributed by atoms with Crippen LogP contribution in [-0.4, -0.2) is 49.0 Å². The summed E-state index contributed by atoms with van der Waals surface area (Å²) < 4.78 is 19.2. The number of ether oxygens (including phenoxy) is 1. The maximum absolute atomic E-state index is 13.7. The molecule has 0 N–H and O–H groups in total. The van der Waals surface area contributed by atoms with Crippen molar-refractivity contribution in [1.29, 1.82) is 0 Å². The largest absolute Gasteiger partial charge is 0.497 e. The fourth-order valence-electron chi connectivity index (χ4n) is 4.76. The first-order valence-corrected chi connectivity index (χ1v) is 11.7. The lowest BCUT2D eigenvalue weighted by Crippen LogP contribution is -2.41. The minimum absolute atomic E-state index is 0.0196. The van der Waals surface area contributed by atoms with E-state index in [0.29, 0.717) is 18.4 Å². The topological polar surface area (TPSA) is 32.8 Å². The van der Waals surface area contributed by atoms with Crippen molar-refractivity contribution >= 4 is 5.91 Å². The lowest BCUT2D eigenvalue weighted by atomic mass is 9.88. The summed E-state index contributed by atoms with van der Waals surface area (Å²) in [5, 5.41) is 0. The maximum Gasteiger partial charge on any atom is 0.225 e. The van der Waals surface area contributed by atoms with Crippen LogP contribution in [0.5, 0.6) is 5.75 Å². The number of methoxy groups -OCH3 is 1. The van der Waals surface area contributed by atoms with E-state index in [1.807, 2.05) is 32.0 Å². The van der Waals surface area contributed by atoms with E-state index in [2.05, 4.69) is 35.8 Å². The highest BCUT2D eigenvalue weighted by Crippen LogP contribution is 2.36. The zero-order chi connectivity index (χ0) is 23.3. The van der Waals surface area contributed by atoms with Gasteiger partial charge in [-0.05, 0) is 47.2 Å². The Morgan fingerprint density at radius 2 is 1.88 bits per heavy atom. The molecular formula is C27H37FN2O2. The number of halogens is 1. The second-order valence-corrected chi connectivity index (χ2v) is 9.76. The van der Waals surface area contributed by atoms with Crippen molar-refractivity contribution in [3.63, 3.8) is 0 Å². The van der Waals surface area contributed by atoms with E-state index in [9.17, 15) is 9.18 Å². The SMILES string of the molecule is COc1cccc(C2CN(Cc3cccc(F)c3)CC2CN(CC(C)C)C(=O)C(C)C)c1. The van der Waals surface area contributed by atoms with Gasteiger partial charge >= 0.3 is 0 Å². The summed E-state index contributed by atoms with van der Waals surface area (Å²) in [6, 6.07) is 15.1. The summed E-state index contributed by atoms with van der Waals surface area (Å²) in [5.41, 5.74) is 2.21. The van der Waals surface area contributed by atoms with Gasteiger partial charge in [0, 0.05) is 44.6 Å². The van der Waals surface area contributed by atoms with Gasteiger partial charge in [0.2, 0.25) is 5.91 Å². The molecule has 1 heterocycles. The van der Waals surface area contributed by atoms with E-state index >= 15 is 0 Å². The van der Waals surface area contributed by atoms with Crippen LogP contribution in [0.3, 0.4) is 0 Å². The van der Waals surface area contributed by atoms with Crippen LogP contribution in [0.15, 0.2) is 48.5 Å². The normalized spacial score (nSPS) is 19.0. The van der Waals surface area contributed by atoms with Gasteiger partial charge in [0.15, 0.2) is 0 Å². The third-order valence-corrected chi connectivity index (χ3v) is 6.18. The zero-order valence-electron chi connectivity index (χ0n) is 20.1. The molecule has 1 aliphatic rings. The standard InChI is InChI=1S/C27H37FN2O2/c1-19(2)14-30(27(31)20(3)4)17-23-16-29(15-21-8-6-10-24(28)12-21)18-26(23)22-9-7-11-25(13-22)32-5/h6-13,19-20,23,26H,14-18H2,1-5H3. The monoisotopic (exact) mass is 440 g/mol. The van der Waals surface area contributed by atoms with Crippen molar-refractivity contribution in [2.75, 3.05) is 33.3 Å². The molecule has 0 spiro atoms. The fraction of sp³-hybridized carbons (Fsp3) is 0.519. The van der Waals surface area contributed by atoms with Gasteiger partial charge in [-0.15, -0.1) is 0 Å². The van der Waals surface area contributed by atoms with Crippen molar-refractivity contribution < 1.29 is 13.9 Å². The Morgan fingerprint density at radius 1 is 1.12 bits per heavy atom. The fourth-order valence-corrected chi connectivity index (χ4v) is 4.76. The van der Waals surface area contributed by atoms with Crippen LogP contribution >= 0.6 is 0 Å². The first kappa shape index (κ1) is 24.2. The predicted octanol–water partition coefficient (Wildman–Crippen LogP) is 5.19. The highest BCUT2D eigenvalue weighted by atomic mass is 19.1. The van der Waals surface area contributed by atoms with Crippen molar-refractivity contribution in [1.82, 2.24) is 9.80 Å². The maximum atomic E-state index is 13.7. The molecule has 32 heavy (non-hydrogen) atoms. The van der Waals surface area contributed by atoms with Crippen molar-refractivity contribution in [3.05, 3.63) is 65.5 Å². The van der Waals surface area contributed by atoms with Gasteiger partial charge in [-0.3, -0.25) is 9.69 Å². The highest BCUT2D eigenvalue weighted by molar-refractivity contribution is 5.78. The molecule has 3 rings (SSSR count). The van der Waals surface area contributed by atoms with E-state index in [-0.39, 0.29) is 23.6 Å². The summed E-state index contributed by atoms with van der Waals surface area (Å²) in [7, 11) is 1.69. The highest BCUT2D eigenvalue weighted by Gasteiger charge is 2.36. The molecule has 0 aliphatic carbocycles. The van der Waals surface area contributed by atoms with Crippen molar-refractivity contribution in [3.8, 4) is 5.75 Å². The molecule has 0 saturated carbocycles. The number of carbonyl (C=O) groups excluding carboxylic acids is 1. The number of likely N-dealkylation sites (tertiary alicyclic amines) is 1. The van der Waals surface area contributed by atoms with Gasteiger partial charge in [-0.1, -0.05) is 52.0 Å². The van der Waals surface area contributed by atoms with E-state index < -0.39 is 0 Å². The van der Waals surface area contributed by atoms with E-state index in [4.69, 9.17) is 4.74 Å². The number of hydrogen-bond acceptors (Lipinski definition) is 3. The summed E-state index contributed by atoms with van der Waals surface area (Å²) in [6.45, 7) is 12.2. The Balaban J connectivity index is 1.85. The molecule has 2 unspecified atom stereocenters. The van der Waals surface area contributed by atoms with Crippen molar-refractivity contribution in [2.24, 2.45) is 17.8 Å². The molecule has 1 aliphatic heterocycles. The van der Waals surface area contributed by atoms with Crippen LogP contribution in [0.25, 0.3) is 0 Å². The molecule has 0 aromatic heterocycles. The first-order valence-electron chi connectivity index (χ1n) is 11.7. The van der Waals surface area contributed by atoms with Crippen LogP contribution in [0.2, 0.25) is 0 Å². The molecule has 174 valence electrons. The van der Waals surface area contributed by atoms with Gasteiger partial charge in [0.1, 0.15) is 11.6 Å². The van der Waals surface area contributed by atoms with Crippen LogP contribution < -0.4 is 4.74 Å². The Labute approximate surface area is 192 Å². The smallest absolute Gasteiger partial charge is 0.225 e. The summed E-state index contributed by atoms with van der Waals surface area (Å²) in [6.07, 6.45) is 0. The van der Waals surface area contributed by atoms with Gasteiger partial charge in [0.05, 0.1) is 7.11 Å². The average Bonchev–Trinajstić information content (AvgIpc) is 3.14. The molecular weight excluding hydrogens is 403 g/mol. The summed E-state index contributed by atoms with van der Waals surface area (Å²) in [5.74, 6) is 1.85. The third-order valence-electron chi connectivity index (χ3n) is 6.18. The average molecular weight is 441 g/mol. The van der Waals surface area contributed by atoms with Crippen LogP contribution in [-0.2, 0) is 11.3 Å². The Kier molecular flexibility index (Phi) is 8.30. The zero-order valence-corrected chi connectivity index (χ0v) is 20.1. The quantitative estimate of drug-likeness (QED) is 0.538. The second-order valence-electron chi connectivity index (χ2n) is 9.76. The molecule has 2 atom stereocenters. The minimum Gasteiger partial charge on any atom is -0.497 e. The number of rotatable bonds is 9. The van der Waals surface area contributed by atoms with E-state index in [0.717, 1.165) is 37.5 Å². The Bertz CT molecular complexity index is 899. The molecule has 0 radical (unpaired) electrons. The summed E-state index contributed by atoms with van der Waals surface area (Å²) in [4.78, 5) is 17.4. The van der Waals surface area contributed by atoms with E-state index in [1.54, 1.807) is 19.2 Å². The first-order chi connectivity index (χ1) is 15.3. The van der Waals surface area contributed by atoms with Gasteiger partial charge < -0.3 is 9.64 Å². The van der Waals surface area contributed by atoms with Gasteiger partial charge in [-0.25, -0.2) is 4.39 Å². The molecule has 0 bridgehead atoms. The molecule has 2 aromatic rings.